The molecule has 6 rings (SSSR count). The topological polar surface area (TPSA) is 128 Å². The molecular formula is C29H34N4O5. The van der Waals surface area contributed by atoms with Crippen molar-refractivity contribution in [2.24, 2.45) is 11.3 Å². The minimum absolute atomic E-state index is 0.00778. The molecule has 1 aliphatic heterocycles. The number of aromatic nitrogens is 1. The number of likely N-dealkylation sites (tertiary alicyclic amines) is 1. The van der Waals surface area contributed by atoms with E-state index in [4.69, 9.17) is 0 Å². The highest BCUT2D eigenvalue weighted by molar-refractivity contribution is 6.38. The predicted octanol–water partition coefficient (Wildman–Crippen LogP) is 2.64. The Morgan fingerprint density at radius 1 is 1.08 bits per heavy atom. The van der Waals surface area contributed by atoms with Crippen molar-refractivity contribution in [2.45, 2.75) is 82.3 Å². The maximum atomic E-state index is 13.8. The third kappa shape index (κ3) is 4.98. The summed E-state index contributed by atoms with van der Waals surface area (Å²) >= 11 is 0. The van der Waals surface area contributed by atoms with Crippen LogP contribution in [0.4, 0.5) is 0 Å². The van der Waals surface area contributed by atoms with Gasteiger partial charge in [0.2, 0.25) is 11.7 Å². The summed E-state index contributed by atoms with van der Waals surface area (Å²) in [6, 6.07) is 7.61. The van der Waals surface area contributed by atoms with Gasteiger partial charge in [0.25, 0.3) is 11.8 Å². The number of fused-ring (bicyclic) bond motifs is 1. The van der Waals surface area contributed by atoms with E-state index < -0.39 is 29.7 Å². The predicted molar refractivity (Wildman–Crippen MR) is 139 cm³/mol. The number of Topliss-reactive ketones (excluding diaryl/α,β-unsaturated/α-hetero) is 2. The summed E-state index contributed by atoms with van der Waals surface area (Å²) < 4.78 is 0. The van der Waals surface area contributed by atoms with E-state index >= 15 is 0 Å². The molecule has 3 amide bonds. The molecule has 3 atom stereocenters. The lowest BCUT2D eigenvalue weighted by atomic mass is 9.86. The molecule has 4 fully saturated rings. The smallest absolute Gasteiger partial charge is 0.289 e. The van der Waals surface area contributed by atoms with Crippen LogP contribution >= 0.6 is 0 Å². The van der Waals surface area contributed by atoms with E-state index in [1.165, 1.54) is 0 Å². The van der Waals surface area contributed by atoms with Crippen molar-refractivity contribution < 1.29 is 24.0 Å². The minimum atomic E-state index is -1.09. The van der Waals surface area contributed by atoms with Crippen molar-refractivity contribution in [2.75, 3.05) is 6.54 Å². The number of amides is 3. The van der Waals surface area contributed by atoms with E-state index in [-0.39, 0.29) is 35.5 Å². The van der Waals surface area contributed by atoms with Crippen LogP contribution in [0.25, 0.3) is 10.9 Å². The second-order valence-electron chi connectivity index (χ2n) is 11.7. The lowest BCUT2D eigenvalue weighted by molar-refractivity contribution is -0.141. The highest BCUT2D eigenvalue weighted by Crippen LogP contribution is 2.55. The van der Waals surface area contributed by atoms with Gasteiger partial charge in [-0.3, -0.25) is 24.0 Å². The van der Waals surface area contributed by atoms with Gasteiger partial charge in [-0.05, 0) is 75.3 Å². The van der Waals surface area contributed by atoms with Crippen LogP contribution in [0.5, 0.6) is 0 Å². The standard InChI is InChI=1S/C29H34N4O5/c34-24-7-3-5-18(24)15-21(25(35)27(37)30-19-8-9-19)32-26(36)23-16-29(10-11-29)12-13-33(23)28(38)22-14-17-4-1-2-6-20(17)31-22/h1-2,4,6,14,18-19,21,23,31H,3,5,7-13,15-16H2,(H,30,37)(H,32,36)/t18-,21-,23-/m0/s1. The highest BCUT2D eigenvalue weighted by Gasteiger charge is 2.51. The summed E-state index contributed by atoms with van der Waals surface area (Å²) in [5.41, 5.74) is 1.33. The van der Waals surface area contributed by atoms with Gasteiger partial charge in [-0.25, -0.2) is 0 Å². The highest BCUT2D eigenvalue weighted by atomic mass is 16.2. The molecule has 1 aromatic heterocycles. The number of carbonyl (C=O) groups excluding carboxylic acids is 5. The van der Waals surface area contributed by atoms with Crippen molar-refractivity contribution >= 4 is 40.2 Å². The number of ketones is 2. The van der Waals surface area contributed by atoms with Crippen LogP contribution in [0.3, 0.4) is 0 Å². The number of carbonyl (C=O) groups is 5. The summed E-state index contributed by atoms with van der Waals surface area (Å²) in [6.45, 7) is 0.453. The zero-order valence-corrected chi connectivity index (χ0v) is 21.5. The van der Waals surface area contributed by atoms with Gasteiger partial charge < -0.3 is 20.5 Å². The molecule has 200 valence electrons. The van der Waals surface area contributed by atoms with Crippen LogP contribution in [0.15, 0.2) is 30.3 Å². The molecule has 0 unspecified atom stereocenters. The Morgan fingerprint density at radius 2 is 1.87 bits per heavy atom. The largest absolute Gasteiger partial charge is 0.351 e. The quantitative estimate of drug-likeness (QED) is 0.463. The van der Waals surface area contributed by atoms with Crippen LogP contribution < -0.4 is 10.6 Å². The fourth-order valence-corrected chi connectivity index (χ4v) is 6.15. The SMILES string of the molecule is O=C(NC1CC1)C(=O)[C@H](C[C@@H]1CCCC1=O)NC(=O)[C@@H]1CC2(CCN1C(=O)c1cc3ccccc3[nH]1)CC2. The second kappa shape index (κ2) is 9.67. The molecule has 3 saturated carbocycles. The van der Waals surface area contributed by atoms with Crippen molar-refractivity contribution in [3.05, 3.63) is 36.0 Å². The van der Waals surface area contributed by atoms with Gasteiger partial charge in [-0.15, -0.1) is 0 Å². The number of nitrogens with zero attached hydrogens (tertiary/aromatic N) is 1. The lowest BCUT2D eigenvalue weighted by Gasteiger charge is -2.39. The zero-order chi connectivity index (χ0) is 26.4. The number of hydrogen-bond donors (Lipinski definition) is 3. The molecule has 0 radical (unpaired) electrons. The van der Waals surface area contributed by atoms with Gasteiger partial charge in [0.15, 0.2) is 0 Å². The number of aromatic amines is 1. The Kier molecular flexibility index (Phi) is 6.32. The minimum Gasteiger partial charge on any atom is -0.351 e. The first-order chi connectivity index (χ1) is 18.3. The number of benzene rings is 1. The number of nitrogens with one attached hydrogen (secondary N) is 3. The average Bonchev–Trinajstić information content (AvgIpc) is 3.80. The Labute approximate surface area is 221 Å². The molecule has 1 saturated heterocycles. The van der Waals surface area contributed by atoms with Crippen LogP contribution in [-0.4, -0.2) is 63.8 Å². The first-order valence-electron chi connectivity index (χ1n) is 13.9. The van der Waals surface area contributed by atoms with Crippen molar-refractivity contribution in [3.63, 3.8) is 0 Å². The van der Waals surface area contributed by atoms with E-state index in [1.807, 2.05) is 24.3 Å². The second-order valence-corrected chi connectivity index (χ2v) is 11.7. The first kappa shape index (κ1) is 24.8. The molecule has 3 aliphatic carbocycles. The molecule has 2 heterocycles. The van der Waals surface area contributed by atoms with E-state index in [1.54, 1.807) is 11.0 Å². The number of H-pyrrole nitrogens is 1. The summed E-state index contributed by atoms with van der Waals surface area (Å²) in [5.74, 6) is -2.37. The summed E-state index contributed by atoms with van der Waals surface area (Å²) in [5, 5.41) is 6.46. The fraction of sp³-hybridized carbons (Fsp3) is 0.552. The first-order valence-corrected chi connectivity index (χ1v) is 13.9. The Hall–Kier alpha value is -3.49. The Bertz CT molecular complexity index is 1270. The number of para-hydroxylation sites is 1. The van der Waals surface area contributed by atoms with E-state index in [0.29, 0.717) is 31.5 Å². The van der Waals surface area contributed by atoms with Crippen molar-refractivity contribution in [3.8, 4) is 0 Å². The molecule has 2 aromatic rings. The van der Waals surface area contributed by atoms with Crippen LogP contribution in [-0.2, 0) is 19.2 Å². The van der Waals surface area contributed by atoms with E-state index in [9.17, 15) is 24.0 Å². The molecule has 0 bridgehead atoms. The van der Waals surface area contributed by atoms with Gasteiger partial charge in [-0.1, -0.05) is 18.2 Å². The number of rotatable bonds is 8. The molecule has 4 aliphatic rings. The molecule has 9 nitrogen and oxygen atoms in total. The van der Waals surface area contributed by atoms with Crippen LogP contribution in [0.1, 0.15) is 74.7 Å². The van der Waals surface area contributed by atoms with Gasteiger partial charge in [0.05, 0.1) is 6.04 Å². The van der Waals surface area contributed by atoms with Gasteiger partial charge >= 0.3 is 0 Å². The van der Waals surface area contributed by atoms with Crippen molar-refractivity contribution in [1.29, 1.82) is 0 Å². The molecule has 9 heteroatoms. The third-order valence-corrected chi connectivity index (χ3v) is 8.89. The van der Waals surface area contributed by atoms with E-state index in [0.717, 1.165) is 49.4 Å². The zero-order valence-electron chi connectivity index (χ0n) is 21.5. The number of hydrogen-bond acceptors (Lipinski definition) is 5. The maximum Gasteiger partial charge on any atom is 0.289 e. The third-order valence-electron chi connectivity index (χ3n) is 8.89. The lowest BCUT2D eigenvalue weighted by Crippen LogP contribution is -2.58. The summed E-state index contributed by atoms with van der Waals surface area (Å²) in [6.07, 6.45) is 7.08. The van der Waals surface area contributed by atoms with Gasteiger partial charge in [0, 0.05) is 35.8 Å². The Balaban J connectivity index is 1.23. The molecular weight excluding hydrogens is 484 g/mol. The average molecular weight is 519 g/mol. The molecule has 38 heavy (non-hydrogen) atoms. The fourth-order valence-electron chi connectivity index (χ4n) is 6.15. The molecule has 1 spiro atoms. The summed E-state index contributed by atoms with van der Waals surface area (Å²) in [4.78, 5) is 70.4. The van der Waals surface area contributed by atoms with Crippen LogP contribution in [0.2, 0.25) is 0 Å². The maximum absolute atomic E-state index is 13.8. The normalized spacial score (nSPS) is 24.8. The Morgan fingerprint density at radius 3 is 2.55 bits per heavy atom. The van der Waals surface area contributed by atoms with Crippen LogP contribution in [0, 0.1) is 11.3 Å². The molecule has 3 N–H and O–H groups in total. The van der Waals surface area contributed by atoms with Crippen molar-refractivity contribution in [1.82, 2.24) is 20.5 Å². The summed E-state index contributed by atoms with van der Waals surface area (Å²) in [7, 11) is 0. The number of piperidine rings is 1. The monoisotopic (exact) mass is 518 g/mol. The van der Waals surface area contributed by atoms with Gasteiger partial charge in [-0.2, -0.15) is 0 Å². The van der Waals surface area contributed by atoms with E-state index in [2.05, 4.69) is 15.6 Å². The van der Waals surface area contributed by atoms with Gasteiger partial charge in [0.1, 0.15) is 17.5 Å². The molecule has 1 aromatic carbocycles.